The fraction of sp³-hybridized carbons (Fsp3) is 0.167. The molecular formula is C18H13ClF4N2O. The second kappa shape index (κ2) is 7.09. The van der Waals surface area contributed by atoms with Crippen LogP contribution in [0.2, 0.25) is 5.02 Å². The molecule has 2 aromatic carbocycles. The average molecular weight is 385 g/mol. The van der Waals surface area contributed by atoms with Crippen molar-refractivity contribution in [2.45, 2.75) is 12.7 Å². The standard InChI is InChI=1S/C18H13ClF4N2O/c19-13-5-3-11(15(20)9-13)10-25-17-8-12(18(21,22)23)4-6-14(17)16(24-25)2-1-7-26/h1-6,8-9,26H,7,10H2/b2-1+. The van der Waals surface area contributed by atoms with E-state index in [-0.39, 0.29) is 29.3 Å². The minimum atomic E-state index is -4.50. The summed E-state index contributed by atoms with van der Waals surface area (Å²) in [7, 11) is 0. The van der Waals surface area contributed by atoms with Gasteiger partial charge in [-0.15, -0.1) is 0 Å². The molecule has 0 aliphatic heterocycles. The van der Waals surface area contributed by atoms with Gasteiger partial charge in [0.15, 0.2) is 0 Å². The molecule has 26 heavy (non-hydrogen) atoms. The first-order chi connectivity index (χ1) is 12.3. The molecule has 136 valence electrons. The molecule has 0 unspecified atom stereocenters. The van der Waals surface area contributed by atoms with Crippen LogP contribution in [0.15, 0.2) is 42.5 Å². The lowest BCUT2D eigenvalue weighted by molar-refractivity contribution is -0.137. The lowest BCUT2D eigenvalue weighted by atomic mass is 10.1. The summed E-state index contributed by atoms with van der Waals surface area (Å²) in [6.07, 6.45) is -1.58. The number of halogens is 5. The van der Waals surface area contributed by atoms with Gasteiger partial charge in [0.05, 0.1) is 29.9 Å². The van der Waals surface area contributed by atoms with Crippen LogP contribution in [0.25, 0.3) is 17.0 Å². The summed E-state index contributed by atoms with van der Waals surface area (Å²) in [5.74, 6) is -0.569. The molecule has 0 fully saturated rings. The molecule has 0 bridgehead atoms. The molecule has 3 nitrogen and oxygen atoms in total. The topological polar surface area (TPSA) is 38.1 Å². The zero-order valence-corrected chi connectivity index (χ0v) is 14.0. The monoisotopic (exact) mass is 384 g/mol. The van der Waals surface area contributed by atoms with Crippen molar-refractivity contribution < 1.29 is 22.7 Å². The summed E-state index contributed by atoms with van der Waals surface area (Å²) in [6.45, 7) is -0.297. The maximum Gasteiger partial charge on any atom is 0.416 e. The number of hydrogen-bond acceptors (Lipinski definition) is 2. The smallest absolute Gasteiger partial charge is 0.392 e. The third-order valence-corrected chi connectivity index (χ3v) is 4.06. The first kappa shape index (κ1) is 18.4. The van der Waals surface area contributed by atoms with Gasteiger partial charge in [-0.1, -0.05) is 23.7 Å². The molecule has 0 amide bonds. The Balaban J connectivity index is 2.14. The van der Waals surface area contributed by atoms with Gasteiger partial charge in [0.25, 0.3) is 0 Å². The number of nitrogens with zero attached hydrogens (tertiary/aromatic N) is 2. The molecule has 0 saturated carbocycles. The highest BCUT2D eigenvalue weighted by Gasteiger charge is 2.31. The van der Waals surface area contributed by atoms with E-state index in [9.17, 15) is 17.6 Å². The van der Waals surface area contributed by atoms with E-state index in [0.717, 1.165) is 18.2 Å². The van der Waals surface area contributed by atoms with Crippen LogP contribution >= 0.6 is 11.6 Å². The Bertz CT molecular complexity index is 979. The van der Waals surface area contributed by atoms with E-state index in [4.69, 9.17) is 16.7 Å². The van der Waals surface area contributed by atoms with E-state index in [0.29, 0.717) is 11.1 Å². The van der Waals surface area contributed by atoms with Gasteiger partial charge in [0.2, 0.25) is 0 Å². The Hall–Kier alpha value is -2.38. The summed E-state index contributed by atoms with van der Waals surface area (Å²) < 4.78 is 54.5. The highest BCUT2D eigenvalue weighted by Crippen LogP contribution is 2.33. The number of rotatable bonds is 4. The van der Waals surface area contributed by atoms with E-state index < -0.39 is 17.6 Å². The van der Waals surface area contributed by atoms with Crippen molar-refractivity contribution in [1.82, 2.24) is 9.78 Å². The second-order valence-electron chi connectivity index (χ2n) is 5.59. The Morgan fingerprint density at radius 2 is 1.92 bits per heavy atom. The van der Waals surface area contributed by atoms with Gasteiger partial charge in [-0.25, -0.2) is 4.39 Å². The first-order valence-corrected chi connectivity index (χ1v) is 7.96. The predicted molar refractivity (Wildman–Crippen MR) is 91.4 cm³/mol. The van der Waals surface area contributed by atoms with E-state index in [1.165, 1.54) is 35.0 Å². The first-order valence-electron chi connectivity index (χ1n) is 7.58. The van der Waals surface area contributed by atoms with Crippen LogP contribution in [0.4, 0.5) is 17.6 Å². The lowest BCUT2D eigenvalue weighted by Crippen LogP contribution is -2.07. The fourth-order valence-corrected chi connectivity index (χ4v) is 2.75. The van der Waals surface area contributed by atoms with Crippen LogP contribution in [-0.4, -0.2) is 21.5 Å². The second-order valence-corrected chi connectivity index (χ2v) is 6.03. The minimum Gasteiger partial charge on any atom is -0.392 e. The van der Waals surface area contributed by atoms with Gasteiger partial charge in [-0.2, -0.15) is 18.3 Å². The fourth-order valence-electron chi connectivity index (χ4n) is 2.60. The molecule has 8 heteroatoms. The molecule has 1 N–H and O–H groups in total. The molecule has 0 aliphatic rings. The molecule has 0 aliphatic carbocycles. The van der Waals surface area contributed by atoms with E-state index in [2.05, 4.69) is 5.10 Å². The van der Waals surface area contributed by atoms with Gasteiger partial charge >= 0.3 is 6.18 Å². The molecule has 0 spiro atoms. The Kier molecular flexibility index (Phi) is 5.02. The quantitative estimate of drug-likeness (QED) is 0.650. The van der Waals surface area contributed by atoms with Gasteiger partial charge in [-0.05, 0) is 36.4 Å². The number of aliphatic hydroxyl groups excluding tert-OH is 1. The van der Waals surface area contributed by atoms with Crippen molar-refractivity contribution in [2.75, 3.05) is 6.61 Å². The van der Waals surface area contributed by atoms with E-state index in [1.54, 1.807) is 0 Å². The lowest BCUT2D eigenvalue weighted by Gasteiger charge is -2.09. The summed E-state index contributed by atoms with van der Waals surface area (Å²) in [5.41, 5.74) is 0.0261. The minimum absolute atomic E-state index is 0.0617. The molecule has 3 aromatic rings. The number of benzene rings is 2. The van der Waals surface area contributed by atoms with Crippen LogP contribution in [-0.2, 0) is 12.7 Å². The van der Waals surface area contributed by atoms with Crippen LogP contribution < -0.4 is 0 Å². The highest BCUT2D eigenvalue weighted by molar-refractivity contribution is 6.30. The van der Waals surface area contributed by atoms with Crippen LogP contribution in [0.1, 0.15) is 16.8 Å². The number of hydrogen-bond donors (Lipinski definition) is 1. The third kappa shape index (κ3) is 3.73. The van der Waals surface area contributed by atoms with Gasteiger partial charge in [0, 0.05) is 16.0 Å². The van der Waals surface area contributed by atoms with Gasteiger partial charge < -0.3 is 5.11 Å². The predicted octanol–water partition coefficient (Wildman–Crippen LogP) is 4.90. The molecular weight excluding hydrogens is 372 g/mol. The van der Waals surface area contributed by atoms with Gasteiger partial charge in [-0.3, -0.25) is 4.68 Å². The number of fused-ring (bicyclic) bond motifs is 1. The van der Waals surface area contributed by atoms with Crippen molar-refractivity contribution in [3.05, 3.63) is 70.1 Å². The van der Waals surface area contributed by atoms with Crippen molar-refractivity contribution in [1.29, 1.82) is 0 Å². The Morgan fingerprint density at radius 3 is 2.58 bits per heavy atom. The largest absolute Gasteiger partial charge is 0.416 e. The molecule has 0 saturated heterocycles. The van der Waals surface area contributed by atoms with Crippen LogP contribution in [0, 0.1) is 5.82 Å². The Morgan fingerprint density at radius 1 is 1.15 bits per heavy atom. The average Bonchev–Trinajstić information content (AvgIpc) is 2.92. The number of aliphatic hydroxyl groups is 1. The van der Waals surface area contributed by atoms with Gasteiger partial charge in [0.1, 0.15) is 5.82 Å². The van der Waals surface area contributed by atoms with Crippen molar-refractivity contribution in [2.24, 2.45) is 0 Å². The van der Waals surface area contributed by atoms with E-state index >= 15 is 0 Å². The summed E-state index contributed by atoms with van der Waals surface area (Å²) in [5, 5.41) is 13.9. The van der Waals surface area contributed by atoms with Crippen LogP contribution in [0.3, 0.4) is 0 Å². The van der Waals surface area contributed by atoms with Crippen LogP contribution in [0.5, 0.6) is 0 Å². The maximum atomic E-state index is 14.1. The normalized spacial score (nSPS) is 12.4. The molecule has 0 atom stereocenters. The zero-order valence-electron chi connectivity index (χ0n) is 13.3. The summed E-state index contributed by atoms with van der Waals surface area (Å²) in [4.78, 5) is 0. The van der Waals surface area contributed by atoms with Crippen molar-refractivity contribution >= 4 is 28.6 Å². The Labute approximate surface area is 151 Å². The molecule has 3 rings (SSSR count). The summed E-state index contributed by atoms with van der Waals surface area (Å²) >= 11 is 5.73. The van der Waals surface area contributed by atoms with Crippen molar-refractivity contribution in [3.8, 4) is 0 Å². The highest BCUT2D eigenvalue weighted by atomic mass is 35.5. The molecule has 1 heterocycles. The molecule has 1 aromatic heterocycles. The number of aromatic nitrogens is 2. The maximum absolute atomic E-state index is 14.1. The van der Waals surface area contributed by atoms with Crippen molar-refractivity contribution in [3.63, 3.8) is 0 Å². The SMILES string of the molecule is OC/C=C/c1nn(Cc2ccc(Cl)cc2F)c2cc(C(F)(F)F)ccc12. The zero-order chi connectivity index (χ0) is 18.9. The summed E-state index contributed by atoms with van der Waals surface area (Å²) in [6, 6.07) is 7.36. The van der Waals surface area contributed by atoms with E-state index in [1.807, 2.05) is 0 Å². The molecule has 0 radical (unpaired) electrons. The third-order valence-electron chi connectivity index (χ3n) is 3.82. The number of alkyl halides is 3.